The number of benzene rings is 1. The van der Waals surface area contributed by atoms with Crippen molar-refractivity contribution in [1.82, 2.24) is 0 Å². The highest BCUT2D eigenvalue weighted by molar-refractivity contribution is 5.70. The quantitative estimate of drug-likeness (QED) is 0.691. The summed E-state index contributed by atoms with van der Waals surface area (Å²) in [6.07, 6.45) is 0. The van der Waals surface area contributed by atoms with Gasteiger partial charge in [0.1, 0.15) is 5.82 Å². The van der Waals surface area contributed by atoms with Crippen LogP contribution in [-0.4, -0.2) is 0 Å². The van der Waals surface area contributed by atoms with E-state index in [4.69, 9.17) is 11.0 Å². The van der Waals surface area contributed by atoms with Crippen molar-refractivity contribution in [2.24, 2.45) is 5.73 Å². The van der Waals surface area contributed by atoms with Crippen LogP contribution in [-0.2, 0) is 0 Å². The van der Waals surface area contributed by atoms with Gasteiger partial charge in [-0.05, 0) is 31.5 Å². The third-order valence-corrected chi connectivity index (χ3v) is 2.06. The van der Waals surface area contributed by atoms with Gasteiger partial charge in [-0.15, -0.1) is 0 Å². The van der Waals surface area contributed by atoms with Crippen LogP contribution in [0.1, 0.15) is 18.1 Å². The zero-order valence-corrected chi connectivity index (χ0v) is 8.13. The lowest BCUT2D eigenvalue weighted by Crippen LogP contribution is -2.02. The minimum atomic E-state index is -0.348. The molecule has 3 heteroatoms. The molecule has 0 bridgehead atoms. The van der Waals surface area contributed by atoms with E-state index in [0.717, 1.165) is 5.56 Å². The van der Waals surface area contributed by atoms with Gasteiger partial charge in [0.15, 0.2) is 0 Å². The molecule has 14 heavy (non-hydrogen) atoms. The van der Waals surface area contributed by atoms with Crippen LogP contribution in [0.5, 0.6) is 0 Å². The first-order valence-corrected chi connectivity index (χ1v) is 4.19. The molecule has 0 amide bonds. The van der Waals surface area contributed by atoms with E-state index >= 15 is 0 Å². The number of nitrogens with zero attached hydrogens (tertiary/aromatic N) is 1. The van der Waals surface area contributed by atoms with Gasteiger partial charge in [0, 0.05) is 11.1 Å². The molecule has 0 heterocycles. The lowest BCUT2D eigenvalue weighted by atomic mass is 10.0. The maximum Gasteiger partial charge on any atom is 0.123 e. The van der Waals surface area contributed by atoms with E-state index in [2.05, 4.69) is 0 Å². The van der Waals surface area contributed by atoms with E-state index in [9.17, 15) is 4.39 Å². The van der Waals surface area contributed by atoms with Crippen molar-refractivity contribution in [2.75, 3.05) is 0 Å². The number of hydrogen-bond acceptors (Lipinski definition) is 2. The molecule has 0 saturated carbocycles. The Morgan fingerprint density at radius 1 is 1.50 bits per heavy atom. The number of nitrogens with two attached hydrogens (primary N) is 1. The van der Waals surface area contributed by atoms with E-state index in [1.54, 1.807) is 13.0 Å². The largest absolute Gasteiger partial charge is 0.397 e. The number of allylic oxidation sites excluding steroid dienone is 1. The molecule has 0 aliphatic carbocycles. The fourth-order valence-corrected chi connectivity index (χ4v) is 1.15. The Morgan fingerprint density at radius 2 is 2.14 bits per heavy atom. The molecule has 1 aromatic carbocycles. The summed E-state index contributed by atoms with van der Waals surface area (Å²) in [7, 11) is 0. The van der Waals surface area contributed by atoms with Crippen LogP contribution in [0.2, 0.25) is 0 Å². The summed E-state index contributed by atoms with van der Waals surface area (Å²) in [5, 5.41) is 8.65. The van der Waals surface area contributed by atoms with Gasteiger partial charge in [-0.2, -0.15) is 5.26 Å². The van der Waals surface area contributed by atoms with Crippen LogP contribution in [0.3, 0.4) is 0 Å². The van der Waals surface area contributed by atoms with Crippen LogP contribution in [0, 0.1) is 24.1 Å². The summed E-state index contributed by atoms with van der Waals surface area (Å²) in [6.45, 7) is 3.44. The van der Waals surface area contributed by atoms with Crippen molar-refractivity contribution in [3.63, 3.8) is 0 Å². The van der Waals surface area contributed by atoms with E-state index in [1.165, 1.54) is 12.1 Å². The second-order valence-electron chi connectivity index (χ2n) is 3.11. The lowest BCUT2D eigenvalue weighted by Gasteiger charge is -2.06. The van der Waals surface area contributed by atoms with E-state index in [0.29, 0.717) is 16.8 Å². The van der Waals surface area contributed by atoms with E-state index in [1.807, 2.05) is 13.0 Å². The molecule has 2 nitrogen and oxygen atoms in total. The van der Waals surface area contributed by atoms with Gasteiger partial charge in [-0.1, -0.05) is 6.07 Å². The van der Waals surface area contributed by atoms with Crippen LogP contribution in [0.25, 0.3) is 5.70 Å². The molecule has 72 valence electrons. The second kappa shape index (κ2) is 3.93. The molecule has 0 aliphatic heterocycles. The van der Waals surface area contributed by atoms with E-state index < -0.39 is 0 Å². The monoisotopic (exact) mass is 190 g/mol. The molecular formula is C11H11FN2. The van der Waals surface area contributed by atoms with Gasteiger partial charge in [0.2, 0.25) is 0 Å². The fraction of sp³-hybridized carbons (Fsp3) is 0.182. The SMILES string of the molecule is C/C(C#N)=C(/N)c1cc(F)ccc1C. The van der Waals surface area contributed by atoms with Gasteiger partial charge >= 0.3 is 0 Å². The standard InChI is InChI=1S/C11H11FN2/c1-7-3-4-9(12)5-10(7)11(14)8(2)6-13/h3-5H,14H2,1-2H3/b11-8-. The van der Waals surface area contributed by atoms with Crippen LogP contribution in [0.15, 0.2) is 23.8 Å². The molecule has 2 N–H and O–H groups in total. The number of halogens is 1. The van der Waals surface area contributed by atoms with Crippen molar-refractivity contribution in [3.05, 3.63) is 40.7 Å². The predicted molar refractivity (Wildman–Crippen MR) is 53.5 cm³/mol. The molecule has 0 spiro atoms. The summed E-state index contributed by atoms with van der Waals surface area (Å²) in [5.41, 5.74) is 7.90. The summed E-state index contributed by atoms with van der Waals surface area (Å²) < 4.78 is 12.9. The summed E-state index contributed by atoms with van der Waals surface area (Å²) >= 11 is 0. The zero-order valence-electron chi connectivity index (χ0n) is 8.13. The molecule has 0 atom stereocenters. The Morgan fingerprint density at radius 3 is 2.71 bits per heavy atom. The Hall–Kier alpha value is -1.82. The minimum absolute atomic E-state index is 0.338. The first-order chi connectivity index (χ1) is 6.56. The topological polar surface area (TPSA) is 49.8 Å². The molecule has 0 unspecified atom stereocenters. The smallest absolute Gasteiger partial charge is 0.123 e. The number of rotatable bonds is 1. The average Bonchev–Trinajstić information content (AvgIpc) is 2.19. The summed E-state index contributed by atoms with van der Waals surface area (Å²) in [5.74, 6) is -0.348. The van der Waals surface area contributed by atoms with Crippen molar-refractivity contribution >= 4 is 5.70 Å². The molecule has 0 fully saturated rings. The van der Waals surface area contributed by atoms with Crippen molar-refractivity contribution in [1.29, 1.82) is 5.26 Å². The Balaban J connectivity index is 3.34. The third kappa shape index (κ3) is 1.91. The lowest BCUT2D eigenvalue weighted by molar-refractivity contribution is 0.627. The first-order valence-electron chi connectivity index (χ1n) is 4.19. The number of hydrogen-bond donors (Lipinski definition) is 1. The summed E-state index contributed by atoms with van der Waals surface area (Å²) in [4.78, 5) is 0. The number of aryl methyl sites for hydroxylation is 1. The average molecular weight is 190 g/mol. The third-order valence-electron chi connectivity index (χ3n) is 2.06. The maximum atomic E-state index is 12.9. The number of nitriles is 1. The van der Waals surface area contributed by atoms with Gasteiger partial charge in [-0.25, -0.2) is 4.39 Å². The van der Waals surface area contributed by atoms with Crippen LogP contribution >= 0.6 is 0 Å². The maximum absolute atomic E-state index is 12.9. The molecule has 0 saturated heterocycles. The Kier molecular flexibility index (Phi) is 2.88. The van der Waals surface area contributed by atoms with Crippen molar-refractivity contribution in [2.45, 2.75) is 13.8 Å². The van der Waals surface area contributed by atoms with Crippen LogP contribution in [0.4, 0.5) is 4.39 Å². The van der Waals surface area contributed by atoms with Crippen LogP contribution < -0.4 is 5.73 Å². The zero-order chi connectivity index (χ0) is 10.7. The molecular weight excluding hydrogens is 179 g/mol. The van der Waals surface area contributed by atoms with E-state index in [-0.39, 0.29) is 5.82 Å². The first kappa shape index (κ1) is 10.3. The fourth-order valence-electron chi connectivity index (χ4n) is 1.15. The van der Waals surface area contributed by atoms with Gasteiger partial charge in [0.05, 0.1) is 11.8 Å². The molecule has 1 aromatic rings. The normalized spacial score (nSPS) is 11.9. The van der Waals surface area contributed by atoms with Crippen molar-refractivity contribution < 1.29 is 4.39 Å². The second-order valence-corrected chi connectivity index (χ2v) is 3.11. The van der Waals surface area contributed by atoms with Gasteiger partial charge < -0.3 is 5.73 Å². The highest BCUT2D eigenvalue weighted by atomic mass is 19.1. The summed E-state index contributed by atoms with van der Waals surface area (Å²) in [6, 6.07) is 6.29. The Bertz CT molecular complexity index is 427. The van der Waals surface area contributed by atoms with Crippen molar-refractivity contribution in [3.8, 4) is 6.07 Å². The van der Waals surface area contributed by atoms with Gasteiger partial charge in [-0.3, -0.25) is 0 Å². The van der Waals surface area contributed by atoms with Gasteiger partial charge in [0.25, 0.3) is 0 Å². The molecule has 0 aromatic heterocycles. The minimum Gasteiger partial charge on any atom is -0.397 e. The molecule has 1 rings (SSSR count). The molecule has 0 aliphatic rings. The predicted octanol–water partition coefficient (Wildman–Crippen LogP) is 2.35. The molecule has 0 radical (unpaired) electrons. The highest BCUT2D eigenvalue weighted by Gasteiger charge is 2.05. The Labute approximate surface area is 82.5 Å². The highest BCUT2D eigenvalue weighted by Crippen LogP contribution is 2.18.